The summed E-state index contributed by atoms with van der Waals surface area (Å²) in [6.45, 7) is 3.37. The Kier molecular flexibility index (Phi) is 8.30. The lowest BCUT2D eigenvalue weighted by Gasteiger charge is -2.28. The summed E-state index contributed by atoms with van der Waals surface area (Å²) in [5.74, 6) is 0. The normalized spacial score (nSPS) is 12.0. The zero-order valence-corrected chi connectivity index (χ0v) is 16.6. The second kappa shape index (κ2) is 10.7. The van der Waals surface area contributed by atoms with Gasteiger partial charge in [-0.1, -0.05) is 61.5 Å². The molecule has 5 nitrogen and oxygen atoms in total. The number of urea groups is 1. The van der Waals surface area contributed by atoms with Crippen molar-refractivity contribution in [3.8, 4) is 0 Å². The van der Waals surface area contributed by atoms with Crippen LogP contribution >= 0.6 is 0 Å². The Morgan fingerprint density at radius 2 is 1.70 bits per heavy atom. The van der Waals surface area contributed by atoms with Crippen LogP contribution in [0.4, 0.5) is 4.79 Å². The first-order valence-corrected chi connectivity index (χ1v) is 9.48. The monoisotopic (exact) mass is 369 g/mol. The number of hydrogen-bond donors (Lipinski definition) is 2. The fraction of sp³-hybridized carbons (Fsp3) is 0.409. The standard InChI is InChI=1S/C22H31N3O2/c1-4-18-10-12-20(13-11-18)21(24(2)3)16-23-22(27)25(14-15-26)17-19-8-6-5-7-9-19/h5-13,21,26H,4,14-17H2,1-3H3,(H,23,27). The predicted octanol–water partition coefficient (Wildman–Crippen LogP) is 3.06. The Bertz CT molecular complexity index is 686. The molecule has 2 rings (SSSR count). The minimum atomic E-state index is -0.162. The number of nitrogens with one attached hydrogen (secondary N) is 1. The third kappa shape index (κ3) is 6.38. The second-order valence-electron chi connectivity index (χ2n) is 6.89. The number of carbonyl (C=O) groups is 1. The number of aliphatic hydroxyl groups is 1. The Labute approximate surface area is 162 Å². The van der Waals surface area contributed by atoms with Gasteiger partial charge in [0.15, 0.2) is 0 Å². The molecule has 0 saturated heterocycles. The lowest BCUT2D eigenvalue weighted by molar-refractivity contribution is 0.170. The van der Waals surface area contributed by atoms with Crippen molar-refractivity contribution >= 4 is 6.03 Å². The summed E-state index contributed by atoms with van der Waals surface area (Å²) in [5, 5.41) is 12.4. The van der Waals surface area contributed by atoms with Crippen LogP contribution in [0.3, 0.4) is 0 Å². The van der Waals surface area contributed by atoms with Crippen LogP contribution in [0.1, 0.15) is 29.7 Å². The molecule has 0 aliphatic carbocycles. The van der Waals surface area contributed by atoms with Crippen LogP contribution in [-0.4, -0.2) is 54.7 Å². The molecule has 0 aliphatic rings. The largest absolute Gasteiger partial charge is 0.395 e. The maximum absolute atomic E-state index is 12.7. The first kappa shape index (κ1) is 20.9. The fourth-order valence-electron chi connectivity index (χ4n) is 3.05. The van der Waals surface area contributed by atoms with Gasteiger partial charge in [-0.2, -0.15) is 0 Å². The molecule has 0 fully saturated rings. The zero-order chi connectivity index (χ0) is 19.6. The van der Waals surface area contributed by atoms with E-state index in [2.05, 4.69) is 41.4 Å². The van der Waals surface area contributed by atoms with Crippen molar-refractivity contribution in [2.24, 2.45) is 0 Å². The highest BCUT2D eigenvalue weighted by Gasteiger charge is 2.18. The minimum absolute atomic E-state index is 0.0597. The van der Waals surface area contributed by atoms with Gasteiger partial charge >= 0.3 is 6.03 Å². The van der Waals surface area contributed by atoms with E-state index < -0.39 is 0 Å². The van der Waals surface area contributed by atoms with Gasteiger partial charge in [-0.3, -0.25) is 0 Å². The molecule has 2 aromatic carbocycles. The molecule has 27 heavy (non-hydrogen) atoms. The lowest BCUT2D eigenvalue weighted by Crippen LogP contribution is -2.44. The number of aryl methyl sites for hydroxylation is 1. The van der Waals surface area contributed by atoms with Crippen molar-refractivity contribution < 1.29 is 9.90 Å². The first-order valence-electron chi connectivity index (χ1n) is 9.48. The third-order valence-corrected chi connectivity index (χ3v) is 4.72. The van der Waals surface area contributed by atoms with Crippen LogP contribution < -0.4 is 5.32 Å². The summed E-state index contributed by atoms with van der Waals surface area (Å²) in [5.41, 5.74) is 3.52. The topological polar surface area (TPSA) is 55.8 Å². The molecule has 0 radical (unpaired) electrons. The van der Waals surface area contributed by atoms with E-state index in [1.54, 1.807) is 4.90 Å². The molecule has 1 unspecified atom stereocenters. The number of benzene rings is 2. The van der Waals surface area contributed by atoms with E-state index in [1.807, 2.05) is 44.4 Å². The fourth-order valence-corrected chi connectivity index (χ4v) is 3.05. The van der Waals surface area contributed by atoms with E-state index in [-0.39, 0.29) is 18.7 Å². The van der Waals surface area contributed by atoms with E-state index in [0.717, 1.165) is 12.0 Å². The van der Waals surface area contributed by atoms with Gasteiger partial charge in [0, 0.05) is 19.6 Å². The highest BCUT2D eigenvalue weighted by atomic mass is 16.3. The Hall–Kier alpha value is -2.37. The molecule has 1 atom stereocenters. The van der Waals surface area contributed by atoms with Crippen molar-refractivity contribution in [2.45, 2.75) is 25.9 Å². The highest BCUT2D eigenvalue weighted by Crippen LogP contribution is 2.18. The van der Waals surface area contributed by atoms with Crippen molar-refractivity contribution in [2.75, 3.05) is 33.8 Å². The van der Waals surface area contributed by atoms with Gasteiger partial charge in [0.2, 0.25) is 0 Å². The van der Waals surface area contributed by atoms with Crippen LogP contribution in [0.5, 0.6) is 0 Å². The minimum Gasteiger partial charge on any atom is -0.395 e. The number of nitrogens with zero attached hydrogens (tertiary/aromatic N) is 2. The van der Waals surface area contributed by atoms with E-state index in [1.165, 1.54) is 11.1 Å². The molecule has 2 aromatic rings. The number of hydrogen-bond acceptors (Lipinski definition) is 3. The van der Waals surface area contributed by atoms with Crippen LogP contribution in [0.2, 0.25) is 0 Å². The average Bonchev–Trinajstić information content (AvgIpc) is 2.68. The molecular formula is C22H31N3O2. The average molecular weight is 370 g/mol. The Morgan fingerprint density at radius 1 is 1.04 bits per heavy atom. The molecule has 0 saturated carbocycles. The molecule has 0 aromatic heterocycles. The van der Waals surface area contributed by atoms with Crippen molar-refractivity contribution in [1.29, 1.82) is 0 Å². The van der Waals surface area contributed by atoms with E-state index in [4.69, 9.17) is 0 Å². The summed E-state index contributed by atoms with van der Waals surface area (Å²) >= 11 is 0. The quantitative estimate of drug-likeness (QED) is 0.714. The van der Waals surface area contributed by atoms with Crippen LogP contribution in [0.15, 0.2) is 54.6 Å². The van der Waals surface area contributed by atoms with Gasteiger partial charge in [-0.25, -0.2) is 4.79 Å². The SMILES string of the molecule is CCc1ccc(C(CNC(=O)N(CCO)Cc2ccccc2)N(C)C)cc1. The first-order chi connectivity index (χ1) is 13.0. The summed E-state index contributed by atoms with van der Waals surface area (Å²) in [6, 6.07) is 18.3. The molecule has 2 amide bonds. The van der Waals surface area contributed by atoms with Gasteiger partial charge in [-0.15, -0.1) is 0 Å². The van der Waals surface area contributed by atoms with Crippen molar-refractivity contribution in [3.05, 3.63) is 71.3 Å². The summed E-state index contributed by atoms with van der Waals surface area (Å²) in [4.78, 5) is 16.4. The Morgan fingerprint density at radius 3 is 2.26 bits per heavy atom. The molecule has 146 valence electrons. The number of likely N-dealkylation sites (N-methyl/N-ethyl adjacent to an activating group) is 1. The number of aliphatic hydroxyl groups excluding tert-OH is 1. The zero-order valence-electron chi connectivity index (χ0n) is 16.6. The van der Waals surface area contributed by atoms with Crippen molar-refractivity contribution in [3.63, 3.8) is 0 Å². The summed E-state index contributed by atoms with van der Waals surface area (Å²) in [6.07, 6.45) is 1.01. The molecular weight excluding hydrogens is 338 g/mol. The maximum Gasteiger partial charge on any atom is 0.317 e. The lowest BCUT2D eigenvalue weighted by atomic mass is 10.0. The van der Waals surface area contributed by atoms with E-state index >= 15 is 0 Å². The number of amides is 2. The van der Waals surface area contributed by atoms with E-state index in [0.29, 0.717) is 19.6 Å². The highest BCUT2D eigenvalue weighted by molar-refractivity contribution is 5.74. The molecule has 0 spiro atoms. The smallest absolute Gasteiger partial charge is 0.317 e. The second-order valence-corrected chi connectivity index (χ2v) is 6.89. The number of rotatable bonds is 9. The maximum atomic E-state index is 12.7. The van der Waals surface area contributed by atoms with Crippen LogP contribution in [-0.2, 0) is 13.0 Å². The third-order valence-electron chi connectivity index (χ3n) is 4.72. The van der Waals surface area contributed by atoms with Gasteiger partial charge < -0.3 is 20.2 Å². The van der Waals surface area contributed by atoms with Crippen molar-refractivity contribution in [1.82, 2.24) is 15.1 Å². The van der Waals surface area contributed by atoms with Gasteiger partial charge in [0.25, 0.3) is 0 Å². The Balaban J connectivity index is 2.01. The van der Waals surface area contributed by atoms with Crippen LogP contribution in [0, 0.1) is 0 Å². The van der Waals surface area contributed by atoms with Gasteiger partial charge in [0.1, 0.15) is 0 Å². The molecule has 0 aliphatic heterocycles. The molecule has 2 N–H and O–H groups in total. The van der Waals surface area contributed by atoms with Gasteiger partial charge in [0.05, 0.1) is 12.6 Å². The van der Waals surface area contributed by atoms with Gasteiger partial charge in [-0.05, 0) is 37.2 Å². The number of carbonyl (C=O) groups excluding carboxylic acids is 1. The predicted molar refractivity (Wildman–Crippen MR) is 110 cm³/mol. The molecule has 0 heterocycles. The van der Waals surface area contributed by atoms with E-state index in [9.17, 15) is 9.90 Å². The molecule has 5 heteroatoms. The summed E-state index contributed by atoms with van der Waals surface area (Å²) < 4.78 is 0. The molecule has 0 bridgehead atoms. The summed E-state index contributed by atoms with van der Waals surface area (Å²) in [7, 11) is 4.03. The van der Waals surface area contributed by atoms with Crippen LogP contribution in [0.25, 0.3) is 0 Å².